The maximum Gasteiger partial charge on any atom is 0.324 e. The van der Waals surface area contributed by atoms with Gasteiger partial charge in [0, 0.05) is 22.7 Å². The third kappa shape index (κ3) is 4.61. The first-order valence-electron chi connectivity index (χ1n) is 9.28. The maximum atomic E-state index is 13.8. The molecule has 0 atom stereocenters. The lowest BCUT2D eigenvalue weighted by Gasteiger charge is -2.09. The molecule has 0 bridgehead atoms. The van der Waals surface area contributed by atoms with Gasteiger partial charge in [0.1, 0.15) is 18.2 Å². The molecule has 158 valence electrons. The normalized spacial score (nSPS) is 10.8. The number of carbonyl (C=O) groups excluding carboxylic acids is 1. The van der Waals surface area contributed by atoms with Gasteiger partial charge in [0.15, 0.2) is 17.5 Å². The van der Waals surface area contributed by atoms with Crippen LogP contribution in [0.4, 0.5) is 29.5 Å². The highest BCUT2D eigenvalue weighted by Crippen LogP contribution is 2.26. The summed E-state index contributed by atoms with van der Waals surface area (Å²) in [6, 6.07) is 12.9. The van der Waals surface area contributed by atoms with Crippen molar-refractivity contribution in [2.75, 3.05) is 10.6 Å². The standard InChI is InChI=1S/C22H17F3N4O2/c1-12-2-4-14(5-3-12)26-22(30)27-21-16-9-15(6-7-20(16)28-29-21)31-11-13-8-18(24)19(25)10-17(13)23/h2-10H,11H2,1H3,(H3,26,27,28,29,30). The summed E-state index contributed by atoms with van der Waals surface area (Å²) in [4.78, 5) is 12.3. The number of amides is 2. The van der Waals surface area contributed by atoms with Gasteiger partial charge in [0.05, 0.1) is 5.52 Å². The van der Waals surface area contributed by atoms with E-state index in [1.807, 2.05) is 19.1 Å². The molecule has 31 heavy (non-hydrogen) atoms. The fourth-order valence-corrected chi connectivity index (χ4v) is 2.92. The summed E-state index contributed by atoms with van der Waals surface area (Å²) in [6.45, 7) is 1.64. The van der Waals surface area contributed by atoms with Gasteiger partial charge in [-0.2, -0.15) is 5.10 Å². The molecule has 4 aromatic rings. The molecule has 2 amide bonds. The minimum absolute atomic E-state index is 0.123. The first kappa shape index (κ1) is 20.3. The number of nitrogens with zero attached hydrogens (tertiary/aromatic N) is 1. The van der Waals surface area contributed by atoms with Crippen molar-refractivity contribution >= 4 is 28.4 Å². The lowest BCUT2D eigenvalue weighted by molar-refractivity contribution is 0.262. The molecule has 3 aromatic carbocycles. The number of fused-ring (bicyclic) bond motifs is 1. The summed E-state index contributed by atoms with van der Waals surface area (Å²) < 4.78 is 45.7. The van der Waals surface area contributed by atoms with Crippen molar-refractivity contribution < 1.29 is 22.7 Å². The predicted molar refractivity (Wildman–Crippen MR) is 111 cm³/mol. The van der Waals surface area contributed by atoms with E-state index in [-0.39, 0.29) is 18.0 Å². The molecule has 9 heteroatoms. The number of H-pyrrole nitrogens is 1. The van der Waals surface area contributed by atoms with E-state index in [2.05, 4.69) is 20.8 Å². The molecule has 4 rings (SSSR count). The Labute approximate surface area is 175 Å². The number of ether oxygens (including phenoxy) is 1. The summed E-state index contributed by atoms with van der Waals surface area (Å²) in [6.07, 6.45) is 0. The van der Waals surface area contributed by atoms with Crippen LogP contribution in [0, 0.1) is 24.4 Å². The second-order valence-corrected chi connectivity index (χ2v) is 6.87. The Morgan fingerprint density at radius 2 is 1.71 bits per heavy atom. The van der Waals surface area contributed by atoms with E-state index >= 15 is 0 Å². The summed E-state index contributed by atoms with van der Waals surface area (Å²) in [5, 5.41) is 12.8. The molecule has 3 N–H and O–H groups in total. The highest BCUT2D eigenvalue weighted by atomic mass is 19.2. The highest BCUT2D eigenvalue weighted by Gasteiger charge is 2.13. The van der Waals surface area contributed by atoms with Crippen LogP contribution in [0.15, 0.2) is 54.6 Å². The van der Waals surface area contributed by atoms with Gasteiger partial charge >= 0.3 is 6.03 Å². The second-order valence-electron chi connectivity index (χ2n) is 6.87. The summed E-state index contributed by atoms with van der Waals surface area (Å²) >= 11 is 0. The Kier molecular flexibility index (Phi) is 5.48. The summed E-state index contributed by atoms with van der Waals surface area (Å²) in [7, 11) is 0. The third-order valence-corrected chi connectivity index (χ3v) is 4.56. The number of aromatic amines is 1. The fourth-order valence-electron chi connectivity index (χ4n) is 2.92. The van der Waals surface area contributed by atoms with Crippen molar-refractivity contribution in [2.45, 2.75) is 13.5 Å². The van der Waals surface area contributed by atoms with Crippen LogP contribution in [-0.2, 0) is 6.61 Å². The number of aromatic nitrogens is 2. The van der Waals surface area contributed by atoms with Gasteiger partial charge in [-0.3, -0.25) is 10.4 Å². The molecule has 0 radical (unpaired) electrons. The molecule has 0 saturated heterocycles. The molecule has 0 aliphatic heterocycles. The molecule has 1 aromatic heterocycles. The zero-order chi connectivity index (χ0) is 22.0. The zero-order valence-corrected chi connectivity index (χ0v) is 16.3. The average molecular weight is 426 g/mol. The predicted octanol–water partition coefficient (Wildman–Crippen LogP) is 5.51. The van der Waals surface area contributed by atoms with E-state index in [1.165, 1.54) is 0 Å². The quantitative estimate of drug-likeness (QED) is 0.368. The van der Waals surface area contributed by atoms with Crippen LogP contribution >= 0.6 is 0 Å². The minimum Gasteiger partial charge on any atom is -0.489 e. The van der Waals surface area contributed by atoms with E-state index < -0.39 is 23.5 Å². The Hall–Kier alpha value is -4.01. The van der Waals surface area contributed by atoms with Crippen molar-refractivity contribution in [2.24, 2.45) is 0 Å². The molecular weight excluding hydrogens is 409 g/mol. The van der Waals surface area contributed by atoms with E-state index in [0.29, 0.717) is 28.4 Å². The molecule has 0 fully saturated rings. The number of hydrogen-bond donors (Lipinski definition) is 3. The molecule has 0 aliphatic carbocycles. The maximum absolute atomic E-state index is 13.8. The molecule has 1 heterocycles. The molecule has 0 spiro atoms. The lowest BCUT2D eigenvalue weighted by Crippen LogP contribution is -2.19. The zero-order valence-electron chi connectivity index (χ0n) is 16.3. The Balaban J connectivity index is 1.47. The second kappa shape index (κ2) is 8.39. The highest BCUT2D eigenvalue weighted by molar-refractivity contribution is 6.04. The monoisotopic (exact) mass is 426 g/mol. The van der Waals surface area contributed by atoms with Crippen molar-refractivity contribution in [3.8, 4) is 5.75 Å². The van der Waals surface area contributed by atoms with Crippen LogP contribution in [0.2, 0.25) is 0 Å². The number of hydrogen-bond acceptors (Lipinski definition) is 3. The Bertz CT molecular complexity index is 1260. The first-order valence-corrected chi connectivity index (χ1v) is 9.28. The van der Waals surface area contributed by atoms with Gasteiger partial charge in [0.25, 0.3) is 0 Å². The molecule has 6 nitrogen and oxygen atoms in total. The van der Waals surface area contributed by atoms with E-state index in [4.69, 9.17) is 4.74 Å². The van der Waals surface area contributed by atoms with Gasteiger partial charge in [-0.15, -0.1) is 0 Å². The minimum atomic E-state index is -1.26. The van der Waals surface area contributed by atoms with Gasteiger partial charge in [-0.1, -0.05) is 17.7 Å². The molecule has 0 aliphatic rings. The van der Waals surface area contributed by atoms with Gasteiger partial charge < -0.3 is 10.1 Å². The SMILES string of the molecule is Cc1ccc(NC(=O)Nc2n[nH]c3ccc(OCc4cc(F)c(F)cc4F)cc23)cc1. The number of rotatable bonds is 5. The number of halogens is 3. The van der Waals surface area contributed by atoms with Crippen LogP contribution in [0.3, 0.4) is 0 Å². The number of nitrogens with one attached hydrogen (secondary N) is 3. The number of carbonyl (C=O) groups is 1. The fraction of sp³-hybridized carbons (Fsp3) is 0.0909. The van der Waals surface area contributed by atoms with Crippen LogP contribution in [0.1, 0.15) is 11.1 Å². The topological polar surface area (TPSA) is 79.0 Å². The van der Waals surface area contributed by atoms with Crippen molar-refractivity contribution in [1.29, 1.82) is 0 Å². The van der Waals surface area contributed by atoms with Crippen molar-refractivity contribution in [3.05, 3.63) is 83.2 Å². The number of benzene rings is 3. The molecule has 0 saturated carbocycles. The van der Waals surface area contributed by atoms with Crippen LogP contribution in [0.25, 0.3) is 10.9 Å². The van der Waals surface area contributed by atoms with Crippen molar-refractivity contribution in [1.82, 2.24) is 10.2 Å². The van der Waals surface area contributed by atoms with E-state index in [1.54, 1.807) is 30.3 Å². The van der Waals surface area contributed by atoms with E-state index in [0.717, 1.165) is 11.6 Å². The number of urea groups is 1. The van der Waals surface area contributed by atoms with Gasteiger partial charge in [-0.25, -0.2) is 18.0 Å². The van der Waals surface area contributed by atoms with Crippen molar-refractivity contribution in [3.63, 3.8) is 0 Å². The van der Waals surface area contributed by atoms with Crippen LogP contribution < -0.4 is 15.4 Å². The summed E-state index contributed by atoms with van der Waals surface area (Å²) in [5.74, 6) is -2.72. The van der Waals surface area contributed by atoms with Crippen LogP contribution in [0.5, 0.6) is 5.75 Å². The average Bonchev–Trinajstić information content (AvgIpc) is 3.13. The smallest absolute Gasteiger partial charge is 0.324 e. The molecule has 0 unspecified atom stereocenters. The lowest BCUT2D eigenvalue weighted by atomic mass is 10.2. The number of anilines is 2. The largest absolute Gasteiger partial charge is 0.489 e. The van der Waals surface area contributed by atoms with E-state index in [9.17, 15) is 18.0 Å². The number of aryl methyl sites for hydroxylation is 1. The van der Waals surface area contributed by atoms with Crippen LogP contribution in [-0.4, -0.2) is 16.2 Å². The first-order chi connectivity index (χ1) is 14.9. The Morgan fingerprint density at radius 3 is 2.48 bits per heavy atom. The van der Waals surface area contributed by atoms with Gasteiger partial charge in [-0.05, 0) is 43.3 Å². The molecular formula is C22H17F3N4O2. The van der Waals surface area contributed by atoms with Gasteiger partial charge in [0.2, 0.25) is 0 Å². The Morgan fingerprint density at radius 1 is 0.968 bits per heavy atom. The third-order valence-electron chi connectivity index (χ3n) is 4.56. The summed E-state index contributed by atoms with van der Waals surface area (Å²) in [5.41, 5.74) is 2.21.